The molecular weight excluding hydrogens is 305 g/mol. The summed E-state index contributed by atoms with van der Waals surface area (Å²) in [5.41, 5.74) is 0.00331. The largest absolute Gasteiger partial charge is 0.411 e. The van der Waals surface area contributed by atoms with Crippen molar-refractivity contribution in [2.24, 2.45) is 0 Å². The molecule has 118 valence electrons. The second kappa shape index (κ2) is 6.91. The van der Waals surface area contributed by atoms with Gasteiger partial charge < -0.3 is 9.73 Å². The number of hydrogen-bond donors (Lipinski definition) is 1. The van der Waals surface area contributed by atoms with Crippen LogP contribution in [-0.4, -0.2) is 27.4 Å². The Morgan fingerprint density at radius 1 is 1.36 bits per heavy atom. The number of amides is 1. The van der Waals surface area contributed by atoms with E-state index in [1.165, 1.54) is 6.07 Å². The van der Waals surface area contributed by atoms with Crippen molar-refractivity contribution in [3.05, 3.63) is 30.1 Å². The molecule has 2 aromatic rings. The summed E-state index contributed by atoms with van der Waals surface area (Å²) in [5, 5.41) is 10.8. The Bertz CT molecular complexity index is 658. The van der Waals surface area contributed by atoms with Gasteiger partial charge in [-0.05, 0) is 32.4 Å². The van der Waals surface area contributed by atoms with E-state index < -0.39 is 5.82 Å². The average Bonchev–Trinajstić information content (AvgIpc) is 2.94. The van der Waals surface area contributed by atoms with Crippen molar-refractivity contribution in [1.82, 2.24) is 15.5 Å². The van der Waals surface area contributed by atoms with Crippen LogP contribution in [0.3, 0.4) is 0 Å². The van der Waals surface area contributed by atoms with Crippen LogP contribution in [0.4, 0.5) is 4.39 Å². The maximum Gasteiger partial charge on any atom is 0.277 e. The van der Waals surface area contributed by atoms with Gasteiger partial charge in [-0.3, -0.25) is 4.79 Å². The first-order valence-corrected chi connectivity index (χ1v) is 7.92. The second-order valence-corrected chi connectivity index (χ2v) is 6.35. The predicted octanol–water partition coefficient (Wildman–Crippen LogP) is 3.27. The quantitative estimate of drug-likeness (QED) is 0.826. The normalized spacial score (nSPS) is 11.5. The Labute approximate surface area is 132 Å². The Kier molecular flexibility index (Phi) is 5.18. The third-order valence-electron chi connectivity index (χ3n) is 3.20. The van der Waals surface area contributed by atoms with Crippen LogP contribution >= 0.6 is 11.8 Å². The summed E-state index contributed by atoms with van der Waals surface area (Å²) in [6, 6.07) is 6.17. The molecule has 22 heavy (non-hydrogen) atoms. The maximum atomic E-state index is 13.6. The zero-order valence-corrected chi connectivity index (χ0v) is 13.5. The fourth-order valence-corrected chi connectivity index (χ4v) is 2.20. The van der Waals surface area contributed by atoms with Crippen LogP contribution in [0.15, 0.2) is 33.9 Å². The standard InChI is InChI=1S/C15H18FN3O2S/c1-4-15(2,3)17-12(20)9-22-14-19-18-13(21-14)10-7-5-6-8-11(10)16/h5-8H,4,9H2,1-3H3,(H,17,20). The molecule has 1 N–H and O–H groups in total. The molecule has 0 aliphatic heterocycles. The molecule has 1 heterocycles. The minimum atomic E-state index is -0.426. The number of nitrogens with zero attached hydrogens (tertiary/aromatic N) is 2. The van der Waals surface area contributed by atoms with Crippen molar-refractivity contribution in [3.63, 3.8) is 0 Å². The van der Waals surface area contributed by atoms with Crippen LogP contribution in [0.25, 0.3) is 11.5 Å². The lowest BCUT2D eigenvalue weighted by molar-refractivity contribution is -0.120. The lowest BCUT2D eigenvalue weighted by Gasteiger charge is -2.24. The van der Waals surface area contributed by atoms with Gasteiger partial charge in [0.05, 0.1) is 11.3 Å². The van der Waals surface area contributed by atoms with E-state index in [1.807, 2.05) is 20.8 Å². The third-order valence-corrected chi connectivity index (χ3v) is 4.02. The molecule has 0 saturated heterocycles. The average molecular weight is 323 g/mol. The van der Waals surface area contributed by atoms with E-state index in [0.717, 1.165) is 18.2 Å². The molecule has 0 spiro atoms. The molecule has 0 fully saturated rings. The fraction of sp³-hybridized carbons (Fsp3) is 0.400. The number of aromatic nitrogens is 2. The molecule has 7 heteroatoms. The zero-order valence-electron chi connectivity index (χ0n) is 12.7. The van der Waals surface area contributed by atoms with E-state index >= 15 is 0 Å². The lowest BCUT2D eigenvalue weighted by Crippen LogP contribution is -2.43. The summed E-state index contributed by atoms with van der Waals surface area (Å²) in [6.45, 7) is 5.92. The number of halogens is 1. The molecule has 0 radical (unpaired) electrons. The van der Waals surface area contributed by atoms with E-state index in [-0.39, 0.29) is 33.9 Å². The minimum absolute atomic E-state index is 0.106. The van der Waals surface area contributed by atoms with Crippen LogP contribution in [-0.2, 0) is 4.79 Å². The molecule has 0 aliphatic carbocycles. The number of hydrogen-bond acceptors (Lipinski definition) is 5. The van der Waals surface area contributed by atoms with Gasteiger partial charge in [-0.25, -0.2) is 4.39 Å². The van der Waals surface area contributed by atoms with E-state index in [0.29, 0.717) is 0 Å². The van der Waals surface area contributed by atoms with Gasteiger partial charge in [0.25, 0.3) is 11.1 Å². The van der Waals surface area contributed by atoms with Crippen molar-refractivity contribution in [2.75, 3.05) is 5.75 Å². The number of benzene rings is 1. The Morgan fingerprint density at radius 3 is 2.77 bits per heavy atom. The van der Waals surface area contributed by atoms with Gasteiger partial charge in [0.2, 0.25) is 5.91 Å². The summed E-state index contributed by atoms with van der Waals surface area (Å²) in [4.78, 5) is 11.8. The zero-order chi connectivity index (χ0) is 16.2. The highest BCUT2D eigenvalue weighted by atomic mass is 32.2. The van der Waals surface area contributed by atoms with Crippen molar-refractivity contribution in [2.45, 2.75) is 38.0 Å². The maximum absolute atomic E-state index is 13.6. The van der Waals surface area contributed by atoms with Crippen LogP contribution in [0, 0.1) is 5.82 Å². The third kappa shape index (κ3) is 4.30. The molecule has 2 rings (SSSR count). The van der Waals surface area contributed by atoms with Gasteiger partial charge in [-0.2, -0.15) is 0 Å². The van der Waals surface area contributed by atoms with Crippen molar-refractivity contribution in [3.8, 4) is 11.5 Å². The van der Waals surface area contributed by atoms with E-state index in [4.69, 9.17) is 4.42 Å². The van der Waals surface area contributed by atoms with E-state index in [9.17, 15) is 9.18 Å². The number of carbonyl (C=O) groups excluding carboxylic acids is 1. The second-order valence-electron chi connectivity index (χ2n) is 5.43. The molecular formula is C15H18FN3O2S. The monoisotopic (exact) mass is 323 g/mol. The molecule has 0 atom stereocenters. The van der Waals surface area contributed by atoms with Gasteiger partial charge in [0.15, 0.2) is 0 Å². The lowest BCUT2D eigenvalue weighted by atomic mass is 10.0. The summed E-state index contributed by atoms with van der Waals surface area (Å²) < 4.78 is 19.0. The van der Waals surface area contributed by atoms with Gasteiger partial charge in [0, 0.05) is 5.54 Å². The fourth-order valence-electron chi connectivity index (χ4n) is 1.64. The molecule has 1 aromatic carbocycles. The van der Waals surface area contributed by atoms with Crippen LogP contribution in [0.5, 0.6) is 0 Å². The van der Waals surface area contributed by atoms with Gasteiger partial charge in [-0.15, -0.1) is 10.2 Å². The molecule has 0 unspecified atom stereocenters. The van der Waals surface area contributed by atoms with Crippen molar-refractivity contribution < 1.29 is 13.6 Å². The molecule has 0 saturated carbocycles. The van der Waals surface area contributed by atoms with Gasteiger partial charge in [-0.1, -0.05) is 30.8 Å². The Morgan fingerprint density at radius 2 is 2.09 bits per heavy atom. The minimum Gasteiger partial charge on any atom is -0.411 e. The Balaban J connectivity index is 1.96. The molecule has 1 aromatic heterocycles. The summed E-state index contributed by atoms with van der Waals surface area (Å²) in [5.74, 6) is -0.259. The predicted molar refractivity (Wildman–Crippen MR) is 82.9 cm³/mol. The molecule has 5 nitrogen and oxygen atoms in total. The molecule has 0 aliphatic rings. The first-order valence-electron chi connectivity index (χ1n) is 6.93. The highest BCUT2D eigenvalue weighted by Gasteiger charge is 2.19. The molecule has 0 bridgehead atoms. The van der Waals surface area contributed by atoms with E-state index in [1.54, 1.807) is 18.2 Å². The van der Waals surface area contributed by atoms with Gasteiger partial charge in [0.1, 0.15) is 5.82 Å². The summed E-state index contributed by atoms with van der Waals surface area (Å²) in [6.07, 6.45) is 0.835. The van der Waals surface area contributed by atoms with Crippen LogP contribution < -0.4 is 5.32 Å². The van der Waals surface area contributed by atoms with Crippen molar-refractivity contribution >= 4 is 17.7 Å². The highest BCUT2D eigenvalue weighted by Crippen LogP contribution is 2.25. The first kappa shape index (κ1) is 16.5. The number of carbonyl (C=O) groups is 1. The highest BCUT2D eigenvalue weighted by molar-refractivity contribution is 7.99. The van der Waals surface area contributed by atoms with Crippen molar-refractivity contribution in [1.29, 1.82) is 0 Å². The SMILES string of the molecule is CCC(C)(C)NC(=O)CSc1nnc(-c2ccccc2F)o1. The summed E-state index contributed by atoms with van der Waals surface area (Å²) >= 11 is 1.13. The van der Waals surface area contributed by atoms with Gasteiger partial charge >= 0.3 is 0 Å². The Hall–Kier alpha value is -1.89. The van der Waals surface area contributed by atoms with Crippen LogP contribution in [0.1, 0.15) is 27.2 Å². The van der Waals surface area contributed by atoms with Crippen LogP contribution in [0.2, 0.25) is 0 Å². The topological polar surface area (TPSA) is 68.0 Å². The van der Waals surface area contributed by atoms with E-state index in [2.05, 4.69) is 15.5 Å². The number of nitrogens with one attached hydrogen (secondary N) is 1. The number of thioether (sulfide) groups is 1. The number of rotatable bonds is 6. The molecule has 1 amide bonds. The summed E-state index contributed by atoms with van der Waals surface area (Å²) in [7, 11) is 0. The first-order chi connectivity index (χ1) is 10.4. The smallest absolute Gasteiger partial charge is 0.277 e.